The smallest absolute Gasteiger partial charge is 0.137 e. The summed E-state index contributed by atoms with van der Waals surface area (Å²) >= 11 is 0. The van der Waals surface area contributed by atoms with Gasteiger partial charge in [0.2, 0.25) is 0 Å². The molecule has 0 atom stereocenters. The third-order valence-electron chi connectivity index (χ3n) is 13.4. The Morgan fingerprint density at radius 3 is 1.94 bits per heavy atom. The van der Waals surface area contributed by atoms with Crippen LogP contribution < -0.4 is 14.5 Å². The molecule has 0 saturated heterocycles. The molecule has 3 heterocycles. The average Bonchev–Trinajstić information content (AvgIpc) is 3.87. The predicted octanol–water partition coefficient (Wildman–Crippen LogP) is 17.1. The predicted molar refractivity (Wildman–Crippen MR) is 283 cm³/mol. The summed E-state index contributed by atoms with van der Waals surface area (Å²) in [5, 5.41) is 2.49. The van der Waals surface area contributed by atoms with Crippen LogP contribution in [0.3, 0.4) is 0 Å². The largest absolute Gasteiger partial charge is 0.457 e. The first-order valence-electron chi connectivity index (χ1n) is 24.2. The molecule has 0 N–H and O–H groups in total. The van der Waals surface area contributed by atoms with Gasteiger partial charge in [0.25, 0.3) is 0 Å². The third-order valence-corrected chi connectivity index (χ3v) is 13.4. The third kappa shape index (κ3) is 8.37. The van der Waals surface area contributed by atoms with Crippen LogP contribution >= 0.6 is 0 Å². The van der Waals surface area contributed by atoms with Crippen LogP contribution in [0.5, 0.6) is 11.5 Å². The number of fused-ring (bicyclic) bond motifs is 4. The second-order valence-electron chi connectivity index (χ2n) is 20.3. The van der Waals surface area contributed by atoms with Gasteiger partial charge in [-0.3, -0.25) is 4.57 Å². The molecule has 5 heteroatoms. The molecule has 1 aliphatic heterocycles. The van der Waals surface area contributed by atoms with Gasteiger partial charge in [0, 0.05) is 45.9 Å². The van der Waals surface area contributed by atoms with E-state index in [0.29, 0.717) is 6.67 Å². The number of benzene rings is 7. The highest BCUT2D eigenvalue weighted by Crippen LogP contribution is 2.51. The minimum Gasteiger partial charge on any atom is -0.457 e. The van der Waals surface area contributed by atoms with Crippen LogP contribution in [0.2, 0.25) is 0 Å². The summed E-state index contributed by atoms with van der Waals surface area (Å²) in [6.45, 7) is 18.8. The fourth-order valence-electron chi connectivity index (χ4n) is 9.94. The number of aromatic nitrogens is 2. The molecule has 0 bridgehead atoms. The van der Waals surface area contributed by atoms with E-state index in [0.717, 1.165) is 65.4 Å². The van der Waals surface area contributed by atoms with Gasteiger partial charge in [-0.05, 0) is 112 Å². The highest BCUT2D eigenvalue weighted by atomic mass is 16.5. The fraction of sp³-hybridized carbons (Fsp3) is 0.242. The van der Waals surface area contributed by atoms with Crippen molar-refractivity contribution in [1.82, 2.24) is 9.55 Å². The standard InChI is InChI=1S/C62H62N4O/c1-9-19-42-31-32-54-52(35-42)53-37-45(20-10-2)58(40-57(53)66(54)59-38-47(33-34-63-59)62(6,7)8)67-49-26-17-25-48(39-49)64-41-65(56-30-15-14-29-55(56)64)60-50(43-21-12-11-13-22-43)27-18-28-51(60)44-23-16-24-46(36-44)61(3,4)5/h11-18,21-40H,9-10,19-20,41H2,1-8H3. The summed E-state index contributed by atoms with van der Waals surface area (Å²) in [5.74, 6) is 2.59. The molecule has 2 aromatic heterocycles. The lowest BCUT2D eigenvalue weighted by atomic mass is 9.85. The van der Waals surface area contributed by atoms with Crippen LogP contribution in [0.1, 0.15) is 90.5 Å². The minimum atomic E-state index is -0.0170. The van der Waals surface area contributed by atoms with Crippen molar-refractivity contribution in [3.63, 3.8) is 0 Å². The molecule has 1 aliphatic rings. The van der Waals surface area contributed by atoms with Gasteiger partial charge in [-0.15, -0.1) is 0 Å². The zero-order valence-electron chi connectivity index (χ0n) is 40.4. The monoisotopic (exact) mass is 878 g/mol. The van der Waals surface area contributed by atoms with Gasteiger partial charge in [-0.1, -0.05) is 165 Å². The Labute approximate surface area is 397 Å². The van der Waals surface area contributed by atoms with Crippen molar-refractivity contribution in [3.05, 3.63) is 192 Å². The van der Waals surface area contributed by atoms with Gasteiger partial charge in [0.15, 0.2) is 0 Å². The molecule has 9 aromatic rings. The van der Waals surface area contributed by atoms with Gasteiger partial charge in [0.1, 0.15) is 24.0 Å². The Bertz CT molecular complexity index is 3260. The Kier molecular flexibility index (Phi) is 11.5. The molecule has 0 amide bonds. The fourth-order valence-corrected chi connectivity index (χ4v) is 9.94. The van der Waals surface area contributed by atoms with Crippen molar-refractivity contribution in [2.24, 2.45) is 0 Å². The van der Waals surface area contributed by atoms with E-state index in [1.807, 2.05) is 6.20 Å². The molecule has 0 fully saturated rings. The van der Waals surface area contributed by atoms with E-state index >= 15 is 0 Å². The highest BCUT2D eigenvalue weighted by Gasteiger charge is 2.32. The molecule has 7 aromatic carbocycles. The van der Waals surface area contributed by atoms with E-state index in [9.17, 15) is 0 Å². The quantitative estimate of drug-likeness (QED) is 0.130. The van der Waals surface area contributed by atoms with Crippen LogP contribution in [-0.4, -0.2) is 16.2 Å². The molecule has 67 heavy (non-hydrogen) atoms. The maximum Gasteiger partial charge on any atom is 0.137 e. The molecule has 0 unspecified atom stereocenters. The number of rotatable bonds is 11. The number of hydrogen-bond donors (Lipinski definition) is 0. The second kappa shape index (κ2) is 17.6. The van der Waals surface area contributed by atoms with E-state index in [1.54, 1.807) is 0 Å². The normalized spacial score (nSPS) is 12.9. The lowest BCUT2D eigenvalue weighted by Crippen LogP contribution is -2.25. The van der Waals surface area contributed by atoms with E-state index in [2.05, 4.69) is 234 Å². The van der Waals surface area contributed by atoms with Crippen LogP contribution in [-0.2, 0) is 23.7 Å². The Morgan fingerprint density at radius 2 is 1.19 bits per heavy atom. The summed E-state index contributed by atoms with van der Waals surface area (Å²) < 4.78 is 9.45. The number of hydrogen-bond acceptors (Lipinski definition) is 4. The van der Waals surface area contributed by atoms with Gasteiger partial charge in [-0.2, -0.15) is 0 Å². The van der Waals surface area contributed by atoms with Crippen molar-refractivity contribution in [1.29, 1.82) is 0 Å². The Morgan fingerprint density at radius 1 is 0.537 bits per heavy atom. The lowest BCUT2D eigenvalue weighted by Gasteiger charge is -2.28. The Hall–Kier alpha value is -7.11. The molecule has 5 nitrogen and oxygen atoms in total. The summed E-state index contributed by atoms with van der Waals surface area (Å²) in [4.78, 5) is 9.93. The maximum absolute atomic E-state index is 7.12. The molecular formula is C62H62N4O. The number of ether oxygens (including phenoxy) is 1. The molecule has 0 aliphatic carbocycles. The van der Waals surface area contributed by atoms with Gasteiger partial charge in [0.05, 0.1) is 28.1 Å². The number of nitrogens with zero attached hydrogens (tertiary/aromatic N) is 4. The molecule has 0 spiro atoms. The minimum absolute atomic E-state index is 0.0170. The summed E-state index contributed by atoms with van der Waals surface area (Å²) in [6, 6.07) is 60.1. The first-order chi connectivity index (χ1) is 32.4. The lowest BCUT2D eigenvalue weighted by molar-refractivity contribution is 0.476. The van der Waals surface area contributed by atoms with Crippen LogP contribution in [0.25, 0.3) is 49.9 Å². The zero-order chi connectivity index (χ0) is 46.5. The van der Waals surface area contributed by atoms with E-state index in [-0.39, 0.29) is 10.8 Å². The van der Waals surface area contributed by atoms with Crippen molar-refractivity contribution in [2.45, 2.75) is 91.9 Å². The summed E-state index contributed by atoms with van der Waals surface area (Å²) in [7, 11) is 0. The van der Waals surface area contributed by atoms with Crippen molar-refractivity contribution < 1.29 is 4.74 Å². The zero-order valence-corrected chi connectivity index (χ0v) is 40.4. The molecule has 10 rings (SSSR count). The number of anilines is 4. The number of aryl methyl sites for hydroxylation is 2. The maximum atomic E-state index is 7.12. The van der Waals surface area contributed by atoms with Gasteiger partial charge < -0.3 is 14.5 Å². The van der Waals surface area contributed by atoms with Crippen LogP contribution in [0, 0.1) is 0 Å². The average molecular weight is 879 g/mol. The number of pyridine rings is 1. The highest BCUT2D eigenvalue weighted by molar-refractivity contribution is 6.10. The Balaban J connectivity index is 1.07. The molecule has 336 valence electrons. The van der Waals surface area contributed by atoms with Crippen molar-refractivity contribution >= 4 is 44.6 Å². The van der Waals surface area contributed by atoms with E-state index in [1.165, 1.54) is 66.7 Å². The van der Waals surface area contributed by atoms with Crippen LogP contribution in [0.4, 0.5) is 22.7 Å². The van der Waals surface area contributed by atoms with E-state index < -0.39 is 0 Å². The van der Waals surface area contributed by atoms with E-state index in [4.69, 9.17) is 9.72 Å². The first kappa shape index (κ1) is 43.8. The molecular weight excluding hydrogens is 817 g/mol. The van der Waals surface area contributed by atoms with Crippen LogP contribution in [0.15, 0.2) is 170 Å². The topological polar surface area (TPSA) is 33.5 Å². The van der Waals surface area contributed by atoms with Gasteiger partial charge >= 0.3 is 0 Å². The summed E-state index contributed by atoms with van der Waals surface area (Å²) in [5.41, 5.74) is 16.8. The number of para-hydroxylation sites is 3. The first-order valence-corrected chi connectivity index (χ1v) is 24.2. The van der Waals surface area contributed by atoms with Gasteiger partial charge in [-0.25, -0.2) is 4.98 Å². The SMILES string of the molecule is CCCc1ccc2c(c1)c1cc(CCC)c(Oc3cccc(N4CN(c5c(-c6ccccc6)cccc5-c5cccc(C(C)(C)C)c5)c5ccccc54)c3)cc1n2-c1cc(C(C)(C)C)ccn1. The van der Waals surface area contributed by atoms with Crippen molar-refractivity contribution in [2.75, 3.05) is 16.5 Å². The molecule has 0 radical (unpaired) electrons. The van der Waals surface area contributed by atoms with Crippen molar-refractivity contribution in [3.8, 4) is 39.6 Å². The molecule has 0 saturated carbocycles. The summed E-state index contributed by atoms with van der Waals surface area (Å²) in [6.07, 6.45) is 6.01. The second-order valence-corrected chi connectivity index (χ2v) is 20.3.